The van der Waals surface area contributed by atoms with Crippen LogP contribution in [0.2, 0.25) is 0 Å². The summed E-state index contributed by atoms with van der Waals surface area (Å²) in [7, 11) is 1.62. The zero-order chi connectivity index (χ0) is 15.3. The maximum absolute atomic E-state index is 13.1. The van der Waals surface area contributed by atoms with Crippen molar-refractivity contribution in [2.24, 2.45) is 5.92 Å². The maximum atomic E-state index is 13.1. The number of hydrogen-bond donors (Lipinski definition) is 1. The van der Waals surface area contributed by atoms with Crippen molar-refractivity contribution in [3.05, 3.63) is 10.0 Å². The average molecular weight is 323 g/mol. The van der Waals surface area contributed by atoms with E-state index in [0.717, 1.165) is 11.4 Å². The second-order valence-electron chi connectivity index (χ2n) is 5.24. The van der Waals surface area contributed by atoms with Gasteiger partial charge in [-0.2, -0.15) is 13.2 Å². The number of nitrogens with one attached hydrogen (secondary N) is 1. The van der Waals surface area contributed by atoms with Crippen molar-refractivity contribution >= 4 is 11.3 Å². The first-order valence-electron chi connectivity index (χ1n) is 7.11. The summed E-state index contributed by atoms with van der Waals surface area (Å²) in [5, 5.41) is 12.4. The minimum Gasteiger partial charge on any atom is -0.383 e. The van der Waals surface area contributed by atoms with Crippen molar-refractivity contribution in [1.82, 2.24) is 15.5 Å². The summed E-state index contributed by atoms with van der Waals surface area (Å²) in [6.45, 7) is 1.79. The Morgan fingerprint density at radius 2 is 2.05 bits per heavy atom. The standard InChI is InChI=1S/C13H20F3N3OS/c1-20-7-6-17-8-11-18-19-12(21-11)9-4-2-3-5-10(9)13(14,15)16/h9-10,17H,2-8H2,1H3. The SMILES string of the molecule is COCCNCc1nnc(C2CCCCC2C(F)(F)F)s1. The van der Waals surface area contributed by atoms with Crippen LogP contribution in [0, 0.1) is 5.92 Å². The molecule has 0 aromatic carbocycles. The number of halogens is 3. The third-order valence-corrected chi connectivity index (χ3v) is 4.80. The topological polar surface area (TPSA) is 47.0 Å². The number of rotatable bonds is 6. The highest BCUT2D eigenvalue weighted by atomic mass is 32.1. The molecule has 0 saturated heterocycles. The predicted octanol–water partition coefficient (Wildman–Crippen LogP) is 3.11. The van der Waals surface area contributed by atoms with Gasteiger partial charge in [-0.1, -0.05) is 24.2 Å². The number of methoxy groups -OCH3 is 1. The Kier molecular flexibility index (Phi) is 5.95. The molecule has 1 aliphatic rings. The van der Waals surface area contributed by atoms with E-state index in [1.54, 1.807) is 7.11 Å². The minimum absolute atomic E-state index is 0.204. The molecule has 1 aromatic rings. The molecule has 120 valence electrons. The molecule has 1 saturated carbocycles. The van der Waals surface area contributed by atoms with E-state index >= 15 is 0 Å². The van der Waals surface area contributed by atoms with E-state index in [1.807, 2.05) is 0 Å². The van der Waals surface area contributed by atoms with Gasteiger partial charge in [-0.05, 0) is 12.8 Å². The van der Waals surface area contributed by atoms with Gasteiger partial charge in [0.1, 0.15) is 10.0 Å². The lowest BCUT2D eigenvalue weighted by Crippen LogP contribution is -2.31. The Hall–Kier alpha value is -0.730. The molecule has 2 unspecified atom stereocenters. The zero-order valence-electron chi connectivity index (χ0n) is 11.9. The molecule has 0 spiro atoms. The first-order valence-corrected chi connectivity index (χ1v) is 7.92. The maximum Gasteiger partial charge on any atom is 0.392 e. The largest absolute Gasteiger partial charge is 0.392 e. The highest BCUT2D eigenvalue weighted by molar-refractivity contribution is 7.11. The molecule has 21 heavy (non-hydrogen) atoms. The van der Waals surface area contributed by atoms with Crippen molar-refractivity contribution in [3.63, 3.8) is 0 Å². The molecular weight excluding hydrogens is 303 g/mol. The van der Waals surface area contributed by atoms with E-state index in [-0.39, 0.29) is 6.42 Å². The fourth-order valence-corrected chi connectivity index (χ4v) is 3.69. The van der Waals surface area contributed by atoms with E-state index in [2.05, 4.69) is 15.5 Å². The van der Waals surface area contributed by atoms with Crippen LogP contribution >= 0.6 is 11.3 Å². The summed E-state index contributed by atoms with van der Waals surface area (Å²) in [4.78, 5) is 0. The third-order valence-electron chi connectivity index (χ3n) is 3.75. The number of alkyl halides is 3. The summed E-state index contributed by atoms with van der Waals surface area (Å²) in [6.07, 6.45) is -1.91. The van der Waals surface area contributed by atoms with Crippen molar-refractivity contribution in [2.45, 2.75) is 44.3 Å². The molecule has 1 fully saturated rings. The van der Waals surface area contributed by atoms with Crippen LogP contribution in [0.4, 0.5) is 13.2 Å². The fraction of sp³-hybridized carbons (Fsp3) is 0.846. The van der Waals surface area contributed by atoms with Gasteiger partial charge in [0.25, 0.3) is 0 Å². The van der Waals surface area contributed by atoms with Crippen LogP contribution in [0.15, 0.2) is 0 Å². The van der Waals surface area contributed by atoms with E-state index in [9.17, 15) is 13.2 Å². The van der Waals surface area contributed by atoms with Crippen LogP contribution in [0.1, 0.15) is 41.6 Å². The van der Waals surface area contributed by atoms with Crippen LogP contribution in [-0.2, 0) is 11.3 Å². The second kappa shape index (κ2) is 7.51. The summed E-state index contributed by atoms with van der Waals surface area (Å²) < 4.78 is 44.2. The molecule has 0 aliphatic heterocycles. The number of aromatic nitrogens is 2. The Balaban J connectivity index is 1.98. The van der Waals surface area contributed by atoms with Gasteiger partial charge in [0, 0.05) is 26.1 Å². The van der Waals surface area contributed by atoms with E-state index < -0.39 is 18.0 Å². The third kappa shape index (κ3) is 4.62. The summed E-state index contributed by atoms with van der Waals surface area (Å²) in [5.74, 6) is -1.79. The smallest absolute Gasteiger partial charge is 0.383 e. The van der Waals surface area contributed by atoms with E-state index in [1.165, 1.54) is 11.3 Å². The zero-order valence-corrected chi connectivity index (χ0v) is 12.8. The minimum atomic E-state index is -4.15. The lowest BCUT2D eigenvalue weighted by Gasteiger charge is -2.31. The van der Waals surface area contributed by atoms with Gasteiger partial charge >= 0.3 is 6.18 Å². The quantitative estimate of drug-likeness (QED) is 0.817. The van der Waals surface area contributed by atoms with Crippen LogP contribution in [-0.4, -0.2) is 36.6 Å². The molecule has 0 amide bonds. The van der Waals surface area contributed by atoms with Gasteiger partial charge in [0.15, 0.2) is 0 Å². The molecular formula is C13H20F3N3OS. The molecule has 0 bridgehead atoms. The van der Waals surface area contributed by atoms with Gasteiger partial charge < -0.3 is 10.1 Å². The molecule has 4 nitrogen and oxygen atoms in total. The molecule has 1 aliphatic carbocycles. The average Bonchev–Trinajstić information content (AvgIpc) is 2.91. The van der Waals surface area contributed by atoms with E-state index in [4.69, 9.17) is 4.74 Å². The predicted molar refractivity (Wildman–Crippen MR) is 74.2 cm³/mol. The van der Waals surface area contributed by atoms with Crippen molar-refractivity contribution < 1.29 is 17.9 Å². The lowest BCUT2D eigenvalue weighted by molar-refractivity contribution is -0.187. The Morgan fingerprint density at radius 1 is 1.29 bits per heavy atom. The molecule has 1 N–H and O–H groups in total. The highest BCUT2D eigenvalue weighted by Crippen LogP contribution is 2.46. The number of ether oxygens (including phenoxy) is 1. The van der Waals surface area contributed by atoms with Gasteiger partial charge in [-0.3, -0.25) is 0 Å². The van der Waals surface area contributed by atoms with Crippen LogP contribution in [0.5, 0.6) is 0 Å². The van der Waals surface area contributed by atoms with Crippen LogP contribution in [0.25, 0.3) is 0 Å². The van der Waals surface area contributed by atoms with Crippen molar-refractivity contribution in [2.75, 3.05) is 20.3 Å². The van der Waals surface area contributed by atoms with Crippen molar-refractivity contribution in [3.8, 4) is 0 Å². The van der Waals surface area contributed by atoms with E-state index in [0.29, 0.717) is 37.5 Å². The molecule has 1 aromatic heterocycles. The Labute approximate surface area is 126 Å². The molecule has 0 radical (unpaired) electrons. The summed E-state index contributed by atoms with van der Waals surface area (Å²) in [5.41, 5.74) is 0. The first-order chi connectivity index (χ1) is 10.0. The van der Waals surface area contributed by atoms with Crippen molar-refractivity contribution in [1.29, 1.82) is 0 Å². The molecule has 2 rings (SSSR count). The van der Waals surface area contributed by atoms with Gasteiger partial charge in [0.05, 0.1) is 12.5 Å². The Morgan fingerprint density at radius 3 is 2.76 bits per heavy atom. The highest BCUT2D eigenvalue weighted by Gasteiger charge is 2.47. The normalized spacial score (nSPS) is 23.4. The van der Waals surface area contributed by atoms with Crippen LogP contribution in [0.3, 0.4) is 0 Å². The lowest BCUT2D eigenvalue weighted by atomic mass is 9.79. The summed E-state index contributed by atoms with van der Waals surface area (Å²) >= 11 is 1.29. The van der Waals surface area contributed by atoms with Crippen LogP contribution < -0.4 is 5.32 Å². The number of nitrogens with zero attached hydrogens (tertiary/aromatic N) is 2. The second-order valence-corrected chi connectivity index (χ2v) is 6.34. The molecule has 2 atom stereocenters. The molecule has 8 heteroatoms. The molecule has 1 heterocycles. The van der Waals surface area contributed by atoms with Gasteiger partial charge in [0.2, 0.25) is 0 Å². The fourth-order valence-electron chi connectivity index (χ4n) is 2.68. The van der Waals surface area contributed by atoms with Gasteiger partial charge in [-0.15, -0.1) is 10.2 Å². The monoisotopic (exact) mass is 323 g/mol. The Bertz CT molecular complexity index is 439. The summed E-state index contributed by atoms with van der Waals surface area (Å²) in [6, 6.07) is 0. The number of hydrogen-bond acceptors (Lipinski definition) is 5. The van der Waals surface area contributed by atoms with Gasteiger partial charge in [-0.25, -0.2) is 0 Å². The first kappa shape index (κ1) is 16.6.